The van der Waals surface area contributed by atoms with Gasteiger partial charge in [0.15, 0.2) is 11.6 Å². The first-order valence-corrected chi connectivity index (χ1v) is 11.7. The van der Waals surface area contributed by atoms with Crippen LogP contribution in [0.2, 0.25) is 0 Å². The maximum Gasteiger partial charge on any atom is 0.410 e. The monoisotopic (exact) mass is 502 g/mol. The lowest BCUT2D eigenvalue weighted by atomic mass is 9.98. The van der Waals surface area contributed by atoms with Crippen LogP contribution in [0, 0.1) is 23.5 Å². The normalized spacial score (nSPS) is 20.7. The Kier molecular flexibility index (Phi) is 10.8. The molecular weight excluding hydrogens is 466 g/mol. The Hall–Kier alpha value is -2.20. The number of hydrogen-bond acceptors (Lipinski definition) is 5. The molecule has 4 rings (SSSR count). The molecule has 1 N–H and O–H groups in total. The minimum atomic E-state index is -0.477. The van der Waals surface area contributed by atoms with Gasteiger partial charge in [0.05, 0.1) is 24.8 Å². The van der Waals surface area contributed by atoms with Gasteiger partial charge in [-0.15, -0.1) is 12.4 Å². The minimum Gasteiger partial charge on any atom is -0.444 e. The summed E-state index contributed by atoms with van der Waals surface area (Å²) in [6.07, 6.45) is 9.41. The Bertz CT molecular complexity index is 879. The van der Waals surface area contributed by atoms with Gasteiger partial charge < -0.3 is 15.0 Å². The van der Waals surface area contributed by atoms with Gasteiger partial charge in [-0.05, 0) is 71.4 Å². The predicted molar refractivity (Wildman–Crippen MR) is 128 cm³/mol. The van der Waals surface area contributed by atoms with E-state index in [1.807, 2.05) is 20.8 Å². The average molecular weight is 503 g/mol. The fourth-order valence-corrected chi connectivity index (χ4v) is 4.19. The molecular formula is C23H37ClF2N6O2. The van der Waals surface area contributed by atoms with Gasteiger partial charge in [0.2, 0.25) is 0 Å². The van der Waals surface area contributed by atoms with Crippen molar-refractivity contribution in [2.24, 2.45) is 11.8 Å². The lowest BCUT2D eigenvalue weighted by Crippen LogP contribution is -2.43. The second kappa shape index (κ2) is 13.0. The number of carbonyl (C=O) groups excluding carboxylic acids is 1. The molecule has 2 aliphatic rings. The number of nitrogens with zero attached hydrogens (tertiary/aromatic N) is 5. The van der Waals surface area contributed by atoms with Crippen molar-refractivity contribution in [3.63, 3.8) is 0 Å². The van der Waals surface area contributed by atoms with Crippen molar-refractivity contribution < 1.29 is 18.3 Å². The maximum absolute atomic E-state index is 12.9. The fraction of sp³-hybridized carbons (Fsp3) is 0.696. The number of rotatable bonds is 4. The van der Waals surface area contributed by atoms with Gasteiger partial charge in [0, 0.05) is 26.2 Å². The number of amides is 1. The third-order valence-corrected chi connectivity index (χ3v) is 5.66. The van der Waals surface area contributed by atoms with Crippen molar-refractivity contribution in [1.82, 2.24) is 29.8 Å². The molecule has 4 heterocycles. The zero-order valence-electron chi connectivity index (χ0n) is 20.3. The number of nitrogens with one attached hydrogen (secondary N) is 1. The van der Waals surface area contributed by atoms with Gasteiger partial charge in [-0.3, -0.25) is 9.36 Å². The van der Waals surface area contributed by atoms with E-state index in [-0.39, 0.29) is 36.1 Å². The molecule has 0 bridgehead atoms. The molecule has 0 radical (unpaired) electrons. The number of hydrogen-bond donors (Lipinski definition) is 1. The quantitative estimate of drug-likeness (QED) is 0.680. The number of ether oxygens (including phenoxy) is 1. The molecule has 0 spiro atoms. The van der Waals surface area contributed by atoms with E-state index < -0.39 is 5.60 Å². The summed E-state index contributed by atoms with van der Waals surface area (Å²) in [5, 5.41) is 11.2. The van der Waals surface area contributed by atoms with E-state index >= 15 is 0 Å². The highest BCUT2D eigenvalue weighted by Crippen LogP contribution is 2.20. The highest BCUT2D eigenvalue weighted by molar-refractivity contribution is 5.85. The van der Waals surface area contributed by atoms with E-state index in [2.05, 4.69) is 15.5 Å². The molecule has 8 nitrogen and oxygen atoms in total. The highest BCUT2D eigenvalue weighted by atomic mass is 35.5. The molecule has 2 aromatic rings. The van der Waals surface area contributed by atoms with Crippen LogP contribution in [0.15, 0.2) is 24.8 Å². The molecule has 2 aliphatic heterocycles. The topological polar surface area (TPSA) is 77.2 Å². The van der Waals surface area contributed by atoms with Crippen LogP contribution in [0.25, 0.3) is 0 Å². The lowest BCUT2D eigenvalue weighted by Gasteiger charge is -2.34. The summed E-state index contributed by atoms with van der Waals surface area (Å²) >= 11 is 0. The predicted octanol–water partition coefficient (Wildman–Crippen LogP) is 4.11. The molecule has 2 atom stereocenters. The summed E-state index contributed by atoms with van der Waals surface area (Å²) < 4.78 is 34.2. The van der Waals surface area contributed by atoms with Crippen molar-refractivity contribution in [3.05, 3.63) is 36.4 Å². The summed E-state index contributed by atoms with van der Waals surface area (Å²) in [6, 6.07) is 0. The Labute approximate surface area is 206 Å². The van der Waals surface area contributed by atoms with Gasteiger partial charge in [0.25, 0.3) is 0 Å². The van der Waals surface area contributed by atoms with Gasteiger partial charge in [-0.2, -0.15) is 10.2 Å². The Morgan fingerprint density at radius 3 is 2.15 bits per heavy atom. The third kappa shape index (κ3) is 9.58. The maximum atomic E-state index is 12.9. The van der Waals surface area contributed by atoms with Crippen molar-refractivity contribution >= 4 is 18.5 Å². The number of likely N-dealkylation sites (tertiary alicyclic amines) is 1. The number of piperidine rings is 2. The van der Waals surface area contributed by atoms with Crippen LogP contribution >= 0.6 is 12.4 Å². The number of halogens is 3. The summed E-state index contributed by atoms with van der Waals surface area (Å²) in [7, 11) is 0. The van der Waals surface area contributed by atoms with Gasteiger partial charge in [-0.1, -0.05) is 0 Å². The second-order valence-corrected chi connectivity index (χ2v) is 9.91. The second-order valence-electron chi connectivity index (χ2n) is 9.91. The Balaban J connectivity index is 0.000000253. The first-order valence-electron chi connectivity index (χ1n) is 11.7. The molecule has 2 saturated heterocycles. The molecule has 34 heavy (non-hydrogen) atoms. The summed E-state index contributed by atoms with van der Waals surface area (Å²) in [5.74, 6) is 0.317. The van der Waals surface area contributed by atoms with E-state index in [9.17, 15) is 13.6 Å². The number of aromatic nitrogens is 4. The fourth-order valence-electron chi connectivity index (χ4n) is 4.19. The summed E-state index contributed by atoms with van der Waals surface area (Å²) in [4.78, 5) is 13.8. The van der Waals surface area contributed by atoms with Crippen molar-refractivity contribution in [2.45, 2.75) is 65.1 Å². The van der Waals surface area contributed by atoms with Crippen molar-refractivity contribution in [3.8, 4) is 0 Å². The van der Waals surface area contributed by atoms with E-state index in [1.165, 1.54) is 37.6 Å². The first-order chi connectivity index (χ1) is 15.7. The number of carbonyl (C=O) groups is 1. The lowest BCUT2D eigenvalue weighted by molar-refractivity contribution is 0.0155. The molecule has 0 aromatic carbocycles. The zero-order valence-corrected chi connectivity index (χ0v) is 21.1. The van der Waals surface area contributed by atoms with Gasteiger partial charge in [0.1, 0.15) is 5.60 Å². The zero-order chi connectivity index (χ0) is 23.8. The van der Waals surface area contributed by atoms with Crippen LogP contribution < -0.4 is 5.32 Å². The largest absolute Gasteiger partial charge is 0.444 e. The van der Waals surface area contributed by atoms with Crippen molar-refractivity contribution in [2.75, 3.05) is 26.2 Å². The molecule has 2 fully saturated rings. The van der Waals surface area contributed by atoms with Gasteiger partial charge in [-0.25, -0.2) is 13.6 Å². The van der Waals surface area contributed by atoms with Crippen LogP contribution in [-0.2, 0) is 17.8 Å². The van der Waals surface area contributed by atoms with E-state index in [1.54, 1.807) is 14.3 Å². The van der Waals surface area contributed by atoms with E-state index in [0.29, 0.717) is 19.0 Å². The molecule has 192 valence electrons. The first kappa shape index (κ1) is 28.0. The molecule has 0 aliphatic carbocycles. The van der Waals surface area contributed by atoms with Crippen LogP contribution in [-0.4, -0.2) is 62.3 Å². The molecule has 1 amide bonds. The summed E-state index contributed by atoms with van der Waals surface area (Å²) in [6.45, 7) is 10.5. The van der Waals surface area contributed by atoms with Crippen LogP contribution in [0.4, 0.5) is 13.6 Å². The molecule has 2 unspecified atom stereocenters. The average Bonchev–Trinajstić information content (AvgIpc) is 3.35. The molecule has 11 heteroatoms. The van der Waals surface area contributed by atoms with Gasteiger partial charge >= 0.3 is 6.09 Å². The van der Waals surface area contributed by atoms with Crippen molar-refractivity contribution in [1.29, 1.82) is 0 Å². The smallest absolute Gasteiger partial charge is 0.410 e. The minimum absolute atomic E-state index is 0. The third-order valence-electron chi connectivity index (χ3n) is 5.66. The van der Waals surface area contributed by atoms with E-state index in [4.69, 9.17) is 4.74 Å². The van der Waals surface area contributed by atoms with Crippen LogP contribution in [0.1, 0.15) is 46.5 Å². The SMILES string of the molecule is CC(C)(C)OC(=O)N1CCCC(Cn2cc(F)cn2)C1.Cl.Fc1cnn(CC2CCCNC2)c1. The standard InChI is InChI=1S/C14H22FN3O2.C9H14FN3.ClH/c1-14(2,3)20-13(19)17-6-4-5-11(8-17)9-18-10-12(15)7-16-18;10-9-5-12-13(7-9)6-8-2-1-3-11-4-8;/h7,10-11H,4-6,8-9H2,1-3H3;5,7-8,11H,1-4,6H2;1H. The van der Waals surface area contributed by atoms with Crippen LogP contribution in [0.5, 0.6) is 0 Å². The highest BCUT2D eigenvalue weighted by Gasteiger charge is 2.27. The van der Waals surface area contributed by atoms with Crippen LogP contribution in [0.3, 0.4) is 0 Å². The Morgan fingerprint density at radius 2 is 1.65 bits per heavy atom. The summed E-state index contributed by atoms with van der Waals surface area (Å²) in [5.41, 5.74) is -0.477. The molecule has 0 saturated carbocycles. The Morgan fingerprint density at radius 1 is 1.06 bits per heavy atom. The molecule has 2 aromatic heterocycles. The van der Waals surface area contributed by atoms with E-state index in [0.717, 1.165) is 39.0 Å².